The molecule has 3 nitrogen and oxygen atoms in total. The fourth-order valence-corrected chi connectivity index (χ4v) is 3.50. The lowest BCUT2D eigenvalue weighted by atomic mass is 9.91. The number of halogens is 1. The van der Waals surface area contributed by atoms with E-state index in [1.54, 1.807) is 0 Å². The van der Waals surface area contributed by atoms with E-state index < -0.39 is 11.5 Å². The van der Waals surface area contributed by atoms with Crippen LogP contribution < -0.4 is 0 Å². The molecule has 0 spiro atoms. The van der Waals surface area contributed by atoms with Crippen LogP contribution in [0.5, 0.6) is 0 Å². The van der Waals surface area contributed by atoms with Crippen LogP contribution >= 0.6 is 11.6 Å². The highest BCUT2D eigenvalue weighted by Gasteiger charge is 2.48. The van der Waals surface area contributed by atoms with Crippen molar-refractivity contribution in [1.29, 1.82) is 0 Å². The van der Waals surface area contributed by atoms with E-state index in [2.05, 4.69) is 4.90 Å². The molecule has 1 aromatic rings. The lowest BCUT2D eigenvalue weighted by Gasteiger charge is -2.38. The number of carboxylic acids is 1. The number of aliphatic carboxylic acids is 1. The van der Waals surface area contributed by atoms with Gasteiger partial charge in [0.25, 0.3) is 0 Å². The summed E-state index contributed by atoms with van der Waals surface area (Å²) in [5.74, 6) is -0.716. The number of hydrogen-bond donors (Lipinski definition) is 1. The molecular weight excluding hydrogens is 262 g/mol. The summed E-state index contributed by atoms with van der Waals surface area (Å²) in [7, 11) is 0. The van der Waals surface area contributed by atoms with Gasteiger partial charge < -0.3 is 5.11 Å². The maximum atomic E-state index is 11.7. The number of hydrogen-bond acceptors (Lipinski definition) is 2. The van der Waals surface area contributed by atoms with E-state index in [1.165, 1.54) is 0 Å². The van der Waals surface area contributed by atoms with Gasteiger partial charge in [0.15, 0.2) is 0 Å². The molecule has 2 atom stereocenters. The van der Waals surface area contributed by atoms with Crippen LogP contribution in [0, 0.1) is 0 Å². The lowest BCUT2D eigenvalue weighted by Crippen LogP contribution is -2.50. The Bertz CT molecular complexity index is 477. The highest BCUT2D eigenvalue weighted by Crippen LogP contribution is 2.40. The standard InChI is InChI=1S/C15H20ClNO2/c1-3-15(14(18)19)9-6-10-17(15)11(2)12-7-4-5-8-13(12)16/h4-5,7-8,11H,3,6,9-10H2,1-2H3,(H,18,19). The first-order valence-electron chi connectivity index (χ1n) is 6.77. The van der Waals surface area contributed by atoms with E-state index in [9.17, 15) is 9.90 Å². The molecule has 0 aliphatic carbocycles. The van der Waals surface area contributed by atoms with Gasteiger partial charge in [0.1, 0.15) is 5.54 Å². The third kappa shape index (κ3) is 2.37. The Hall–Kier alpha value is -1.06. The second-order valence-corrected chi connectivity index (χ2v) is 5.59. The Labute approximate surface area is 119 Å². The molecule has 2 rings (SSSR count). The molecule has 104 valence electrons. The SMILES string of the molecule is CCC1(C(=O)O)CCCN1C(C)c1ccccc1Cl. The minimum Gasteiger partial charge on any atom is -0.480 e. The van der Waals surface area contributed by atoms with Crippen molar-refractivity contribution in [2.24, 2.45) is 0 Å². The number of rotatable bonds is 4. The van der Waals surface area contributed by atoms with E-state index in [1.807, 2.05) is 38.1 Å². The monoisotopic (exact) mass is 281 g/mol. The number of carboxylic acid groups (broad SMARTS) is 1. The Morgan fingerprint density at radius 2 is 2.21 bits per heavy atom. The van der Waals surface area contributed by atoms with Gasteiger partial charge in [-0.2, -0.15) is 0 Å². The summed E-state index contributed by atoms with van der Waals surface area (Å²) in [6, 6.07) is 7.70. The average Bonchev–Trinajstić information content (AvgIpc) is 2.83. The first-order chi connectivity index (χ1) is 9.03. The second kappa shape index (κ2) is 5.51. The molecule has 4 heteroatoms. The van der Waals surface area contributed by atoms with E-state index in [-0.39, 0.29) is 6.04 Å². The van der Waals surface area contributed by atoms with Crippen molar-refractivity contribution in [1.82, 2.24) is 4.90 Å². The summed E-state index contributed by atoms with van der Waals surface area (Å²) in [5, 5.41) is 10.3. The Morgan fingerprint density at radius 1 is 1.53 bits per heavy atom. The molecule has 19 heavy (non-hydrogen) atoms. The molecule has 0 radical (unpaired) electrons. The van der Waals surface area contributed by atoms with Gasteiger partial charge >= 0.3 is 5.97 Å². The van der Waals surface area contributed by atoms with E-state index in [4.69, 9.17) is 11.6 Å². The molecule has 0 bridgehead atoms. The van der Waals surface area contributed by atoms with Gasteiger partial charge in [0.05, 0.1) is 0 Å². The van der Waals surface area contributed by atoms with Gasteiger partial charge in [-0.25, -0.2) is 0 Å². The molecule has 1 aromatic carbocycles. The molecule has 1 saturated heterocycles. The topological polar surface area (TPSA) is 40.5 Å². The summed E-state index contributed by atoms with van der Waals surface area (Å²) < 4.78 is 0. The summed E-state index contributed by atoms with van der Waals surface area (Å²) in [4.78, 5) is 13.8. The van der Waals surface area contributed by atoms with E-state index in [0.29, 0.717) is 17.9 Å². The maximum Gasteiger partial charge on any atom is 0.324 e. The van der Waals surface area contributed by atoms with Crippen LogP contribution in [-0.2, 0) is 4.79 Å². The quantitative estimate of drug-likeness (QED) is 0.914. The average molecular weight is 282 g/mol. The van der Waals surface area contributed by atoms with Gasteiger partial charge in [0, 0.05) is 11.1 Å². The van der Waals surface area contributed by atoms with Crippen LogP contribution in [0.1, 0.15) is 44.7 Å². The number of nitrogens with zero attached hydrogens (tertiary/aromatic N) is 1. The van der Waals surface area contributed by atoms with E-state index >= 15 is 0 Å². The highest BCUT2D eigenvalue weighted by atomic mass is 35.5. The molecule has 0 aromatic heterocycles. The van der Waals surface area contributed by atoms with Crippen molar-refractivity contribution in [3.8, 4) is 0 Å². The van der Waals surface area contributed by atoms with Crippen LogP contribution in [0.3, 0.4) is 0 Å². The third-order valence-electron chi connectivity index (χ3n) is 4.34. The molecular formula is C15H20ClNO2. The molecule has 2 unspecified atom stereocenters. The van der Waals surface area contributed by atoms with Crippen LogP contribution in [0.4, 0.5) is 0 Å². The van der Waals surface area contributed by atoms with Gasteiger partial charge in [-0.3, -0.25) is 9.69 Å². The lowest BCUT2D eigenvalue weighted by molar-refractivity contribution is -0.151. The summed E-state index contributed by atoms with van der Waals surface area (Å²) in [5.41, 5.74) is 0.267. The molecule has 1 aliphatic rings. The van der Waals surface area contributed by atoms with Crippen LogP contribution in [0.25, 0.3) is 0 Å². The Balaban J connectivity index is 2.35. The second-order valence-electron chi connectivity index (χ2n) is 5.18. The molecule has 1 N–H and O–H groups in total. The predicted octanol–water partition coefficient (Wildman–Crippen LogP) is 3.73. The first kappa shape index (κ1) is 14.4. The largest absolute Gasteiger partial charge is 0.480 e. The Morgan fingerprint density at radius 3 is 2.79 bits per heavy atom. The Kier molecular flexibility index (Phi) is 4.16. The van der Waals surface area contributed by atoms with Crippen molar-refractivity contribution in [2.75, 3.05) is 6.54 Å². The van der Waals surface area contributed by atoms with Crippen molar-refractivity contribution < 1.29 is 9.90 Å². The molecule has 1 heterocycles. The third-order valence-corrected chi connectivity index (χ3v) is 4.69. The van der Waals surface area contributed by atoms with Crippen LogP contribution in [-0.4, -0.2) is 28.1 Å². The number of benzene rings is 1. The molecule has 1 aliphatic heterocycles. The zero-order valence-electron chi connectivity index (χ0n) is 11.4. The van der Waals surface area contributed by atoms with Crippen molar-refractivity contribution in [3.63, 3.8) is 0 Å². The van der Waals surface area contributed by atoms with Crippen LogP contribution in [0.2, 0.25) is 5.02 Å². The van der Waals surface area contributed by atoms with Crippen LogP contribution in [0.15, 0.2) is 24.3 Å². The highest BCUT2D eigenvalue weighted by molar-refractivity contribution is 6.31. The zero-order chi connectivity index (χ0) is 14.0. The number of likely N-dealkylation sites (tertiary alicyclic amines) is 1. The van der Waals surface area contributed by atoms with E-state index in [0.717, 1.165) is 18.5 Å². The predicted molar refractivity (Wildman–Crippen MR) is 76.5 cm³/mol. The molecule has 0 saturated carbocycles. The summed E-state index contributed by atoms with van der Waals surface area (Å²) in [6.07, 6.45) is 2.26. The summed E-state index contributed by atoms with van der Waals surface area (Å²) in [6.45, 7) is 4.80. The zero-order valence-corrected chi connectivity index (χ0v) is 12.2. The van der Waals surface area contributed by atoms with Crippen molar-refractivity contribution in [2.45, 2.75) is 44.7 Å². The van der Waals surface area contributed by atoms with Gasteiger partial charge in [-0.1, -0.05) is 36.7 Å². The minimum absolute atomic E-state index is 0.0206. The minimum atomic E-state index is -0.738. The summed E-state index contributed by atoms with van der Waals surface area (Å²) >= 11 is 6.24. The van der Waals surface area contributed by atoms with Gasteiger partial charge in [-0.15, -0.1) is 0 Å². The van der Waals surface area contributed by atoms with Gasteiger partial charge in [-0.05, 0) is 44.4 Å². The fraction of sp³-hybridized carbons (Fsp3) is 0.533. The fourth-order valence-electron chi connectivity index (χ4n) is 3.21. The first-order valence-corrected chi connectivity index (χ1v) is 7.15. The molecule has 0 amide bonds. The van der Waals surface area contributed by atoms with Crippen molar-refractivity contribution >= 4 is 17.6 Å². The molecule has 1 fully saturated rings. The normalized spacial score (nSPS) is 25.4. The van der Waals surface area contributed by atoms with Gasteiger partial charge in [0.2, 0.25) is 0 Å². The number of carbonyl (C=O) groups is 1. The van der Waals surface area contributed by atoms with Crippen molar-refractivity contribution in [3.05, 3.63) is 34.9 Å². The smallest absolute Gasteiger partial charge is 0.324 e. The maximum absolute atomic E-state index is 11.7.